The predicted octanol–water partition coefficient (Wildman–Crippen LogP) is 3.68. The zero-order chi connectivity index (χ0) is 13.5. The quantitative estimate of drug-likeness (QED) is 0.880. The van der Waals surface area contributed by atoms with Gasteiger partial charge in [0.2, 0.25) is 0 Å². The smallest absolute Gasteiger partial charge is 0.110 e. The Kier molecular flexibility index (Phi) is 3.09. The molecule has 1 fully saturated rings. The molecule has 102 valence electrons. The summed E-state index contributed by atoms with van der Waals surface area (Å²) in [7, 11) is 2.00. The van der Waals surface area contributed by atoms with E-state index in [0.717, 1.165) is 5.52 Å². The van der Waals surface area contributed by atoms with Crippen molar-refractivity contribution in [1.29, 1.82) is 0 Å². The lowest BCUT2D eigenvalue weighted by Gasteiger charge is -2.24. The normalized spacial score (nSPS) is 17.4. The molecule has 3 nitrogen and oxygen atoms in total. The van der Waals surface area contributed by atoms with Crippen molar-refractivity contribution in [3.05, 3.63) is 29.6 Å². The number of aromatic amines is 1. The highest BCUT2D eigenvalue weighted by Gasteiger charge is 2.22. The van der Waals surface area contributed by atoms with E-state index in [1.54, 1.807) is 0 Å². The van der Waals surface area contributed by atoms with E-state index >= 15 is 0 Å². The third-order valence-electron chi connectivity index (χ3n) is 4.59. The van der Waals surface area contributed by atoms with Crippen LogP contribution in [-0.4, -0.2) is 17.0 Å². The first-order chi connectivity index (χ1) is 9.10. The second-order valence-corrected chi connectivity index (χ2v) is 6.21. The van der Waals surface area contributed by atoms with Crippen LogP contribution in [0.25, 0.3) is 11.0 Å². The van der Waals surface area contributed by atoms with E-state index in [1.165, 1.54) is 42.6 Å². The van der Waals surface area contributed by atoms with Crippen LogP contribution in [0.2, 0.25) is 0 Å². The summed E-state index contributed by atoms with van der Waals surface area (Å²) >= 11 is 0. The Morgan fingerprint density at radius 1 is 1.26 bits per heavy atom. The van der Waals surface area contributed by atoms with Crippen molar-refractivity contribution in [2.45, 2.75) is 51.0 Å². The molecule has 3 heteroatoms. The topological polar surface area (TPSA) is 40.7 Å². The molecule has 0 amide bonds. The fraction of sp³-hybridized carbons (Fsp3) is 0.562. The molecule has 0 unspecified atom stereocenters. The van der Waals surface area contributed by atoms with Gasteiger partial charge in [-0.25, -0.2) is 4.98 Å². The highest BCUT2D eigenvalue weighted by molar-refractivity contribution is 5.76. The second-order valence-electron chi connectivity index (χ2n) is 6.21. The van der Waals surface area contributed by atoms with Crippen LogP contribution in [0.1, 0.15) is 56.8 Å². The van der Waals surface area contributed by atoms with Crippen molar-refractivity contribution >= 4 is 11.0 Å². The molecule has 1 saturated carbocycles. The summed E-state index contributed by atoms with van der Waals surface area (Å²) in [5.41, 5.74) is 3.55. The first kappa shape index (κ1) is 12.7. The van der Waals surface area contributed by atoms with Gasteiger partial charge in [-0.1, -0.05) is 18.9 Å². The van der Waals surface area contributed by atoms with Crippen molar-refractivity contribution in [2.75, 3.05) is 7.05 Å². The number of nitrogens with one attached hydrogen (secondary N) is 2. The monoisotopic (exact) mass is 257 g/mol. The van der Waals surface area contributed by atoms with Gasteiger partial charge in [0.25, 0.3) is 0 Å². The Hall–Kier alpha value is -1.35. The van der Waals surface area contributed by atoms with Crippen LogP contribution in [0.4, 0.5) is 0 Å². The summed E-state index contributed by atoms with van der Waals surface area (Å²) in [5.74, 6) is 1.83. The number of nitrogens with zero attached hydrogens (tertiary/aromatic N) is 1. The summed E-state index contributed by atoms with van der Waals surface area (Å²) in [6.45, 7) is 4.39. The van der Waals surface area contributed by atoms with Crippen molar-refractivity contribution in [2.24, 2.45) is 0 Å². The highest BCUT2D eigenvalue weighted by Crippen LogP contribution is 2.33. The molecule has 2 aromatic rings. The van der Waals surface area contributed by atoms with Crippen molar-refractivity contribution in [3.8, 4) is 0 Å². The van der Waals surface area contributed by atoms with E-state index in [9.17, 15) is 0 Å². The molecule has 1 aliphatic carbocycles. The van der Waals surface area contributed by atoms with Crippen LogP contribution < -0.4 is 5.32 Å². The van der Waals surface area contributed by atoms with Gasteiger partial charge in [-0.05, 0) is 51.4 Å². The fourth-order valence-electron chi connectivity index (χ4n) is 2.96. The van der Waals surface area contributed by atoms with Gasteiger partial charge in [0.05, 0.1) is 11.0 Å². The molecule has 1 aromatic heterocycles. The van der Waals surface area contributed by atoms with Crippen LogP contribution in [0.15, 0.2) is 18.2 Å². The lowest BCUT2D eigenvalue weighted by molar-refractivity contribution is 0.445. The second kappa shape index (κ2) is 4.64. The molecular formula is C16H23N3. The maximum atomic E-state index is 4.77. The summed E-state index contributed by atoms with van der Waals surface area (Å²) < 4.78 is 0. The zero-order valence-electron chi connectivity index (χ0n) is 12.1. The number of H-pyrrole nitrogens is 1. The lowest BCUT2D eigenvalue weighted by atomic mass is 9.94. The Morgan fingerprint density at radius 3 is 2.68 bits per heavy atom. The van der Waals surface area contributed by atoms with Gasteiger partial charge in [0.1, 0.15) is 5.82 Å². The maximum Gasteiger partial charge on any atom is 0.110 e. The van der Waals surface area contributed by atoms with Gasteiger partial charge in [0, 0.05) is 11.5 Å². The minimum Gasteiger partial charge on any atom is -0.342 e. The van der Waals surface area contributed by atoms with Gasteiger partial charge in [-0.15, -0.1) is 0 Å². The molecule has 0 saturated heterocycles. The number of hydrogen-bond donors (Lipinski definition) is 2. The summed E-state index contributed by atoms with van der Waals surface area (Å²) in [4.78, 5) is 8.30. The van der Waals surface area contributed by atoms with E-state index in [4.69, 9.17) is 4.98 Å². The number of benzene rings is 1. The van der Waals surface area contributed by atoms with Crippen LogP contribution >= 0.6 is 0 Å². The maximum absolute atomic E-state index is 4.77. The molecule has 19 heavy (non-hydrogen) atoms. The summed E-state index contributed by atoms with van der Waals surface area (Å²) in [5, 5.41) is 3.35. The average Bonchev–Trinajstić information content (AvgIpc) is 3.06. The molecule has 2 N–H and O–H groups in total. The Labute approximate surface area is 114 Å². The van der Waals surface area contributed by atoms with E-state index in [-0.39, 0.29) is 5.54 Å². The van der Waals surface area contributed by atoms with Gasteiger partial charge in [-0.2, -0.15) is 0 Å². The fourth-order valence-corrected chi connectivity index (χ4v) is 2.96. The average molecular weight is 257 g/mol. The van der Waals surface area contributed by atoms with E-state index < -0.39 is 0 Å². The molecule has 0 radical (unpaired) electrons. The van der Waals surface area contributed by atoms with Crippen LogP contribution in [0.5, 0.6) is 0 Å². The lowest BCUT2D eigenvalue weighted by Crippen LogP contribution is -2.32. The number of rotatable bonds is 3. The Balaban J connectivity index is 1.99. The molecule has 1 aromatic carbocycles. The molecular weight excluding hydrogens is 234 g/mol. The van der Waals surface area contributed by atoms with E-state index in [2.05, 4.69) is 42.3 Å². The van der Waals surface area contributed by atoms with Crippen LogP contribution in [0, 0.1) is 0 Å². The highest BCUT2D eigenvalue weighted by atomic mass is 14.9. The SMILES string of the molecule is CNC(C)(C)c1ccc2nc(C3CCCC3)[nH]c2c1. The zero-order valence-corrected chi connectivity index (χ0v) is 12.1. The van der Waals surface area contributed by atoms with Gasteiger partial charge in [0.15, 0.2) is 0 Å². The van der Waals surface area contributed by atoms with Gasteiger partial charge < -0.3 is 10.3 Å². The first-order valence-corrected chi connectivity index (χ1v) is 7.29. The number of aromatic nitrogens is 2. The minimum absolute atomic E-state index is 0.00712. The van der Waals surface area contributed by atoms with Crippen LogP contribution in [0.3, 0.4) is 0 Å². The van der Waals surface area contributed by atoms with E-state index in [1.807, 2.05) is 7.05 Å². The minimum atomic E-state index is -0.00712. The van der Waals surface area contributed by atoms with Crippen molar-refractivity contribution < 1.29 is 0 Å². The van der Waals surface area contributed by atoms with E-state index in [0.29, 0.717) is 5.92 Å². The largest absolute Gasteiger partial charge is 0.342 e. The van der Waals surface area contributed by atoms with Gasteiger partial charge >= 0.3 is 0 Å². The number of imidazole rings is 1. The molecule has 0 spiro atoms. The van der Waals surface area contributed by atoms with Gasteiger partial charge in [-0.3, -0.25) is 0 Å². The third kappa shape index (κ3) is 2.27. The molecule has 0 aliphatic heterocycles. The number of hydrogen-bond acceptors (Lipinski definition) is 2. The molecule has 3 rings (SSSR count). The van der Waals surface area contributed by atoms with Crippen molar-refractivity contribution in [1.82, 2.24) is 15.3 Å². The summed E-state index contributed by atoms with van der Waals surface area (Å²) in [6, 6.07) is 6.55. The van der Waals surface area contributed by atoms with Crippen LogP contribution in [-0.2, 0) is 5.54 Å². The standard InChI is InChI=1S/C16H23N3/c1-16(2,17-3)12-8-9-13-14(10-12)19-15(18-13)11-6-4-5-7-11/h8-11,17H,4-7H2,1-3H3,(H,18,19). The molecule has 0 bridgehead atoms. The molecule has 0 atom stereocenters. The number of fused-ring (bicyclic) bond motifs is 1. The van der Waals surface area contributed by atoms with Crippen molar-refractivity contribution in [3.63, 3.8) is 0 Å². The summed E-state index contributed by atoms with van der Waals surface area (Å²) in [6.07, 6.45) is 5.27. The Bertz CT molecular complexity index is 577. The molecule has 1 aliphatic rings. The molecule has 1 heterocycles. The first-order valence-electron chi connectivity index (χ1n) is 7.29. The third-order valence-corrected chi connectivity index (χ3v) is 4.59. The predicted molar refractivity (Wildman–Crippen MR) is 79.4 cm³/mol. The Morgan fingerprint density at radius 2 is 2.00 bits per heavy atom.